The third kappa shape index (κ3) is 7.34. The standard InChI is InChI=1S/C25H31ClO3/c1-19(2)10-9-11-20(3)14-15-22-24(27)23(26)18-25(22,28)16-7-8-17-29-21-12-5-4-6-13-21/h4-6,10,12-15,18,28H,7-9,11,16-17H2,1-3H3. The van der Waals surface area contributed by atoms with Gasteiger partial charge in [-0.15, -0.1) is 0 Å². The van der Waals surface area contributed by atoms with Crippen LogP contribution in [-0.4, -0.2) is 23.1 Å². The monoisotopic (exact) mass is 414 g/mol. The summed E-state index contributed by atoms with van der Waals surface area (Å²) in [6.45, 7) is 6.76. The summed E-state index contributed by atoms with van der Waals surface area (Å²) in [7, 11) is 0. The maximum Gasteiger partial charge on any atom is 0.203 e. The molecule has 0 saturated heterocycles. The van der Waals surface area contributed by atoms with E-state index in [1.54, 1.807) is 6.08 Å². The topological polar surface area (TPSA) is 46.5 Å². The number of carbonyl (C=O) groups excluding carboxylic acids is 1. The Bertz CT molecular complexity index is 814. The van der Waals surface area contributed by atoms with Crippen molar-refractivity contribution in [2.45, 2.75) is 58.5 Å². The van der Waals surface area contributed by atoms with Crippen molar-refractivity contribution in [2.75, 3.05) is 6.61 Å². The number of hydrogen-bond donors (Lipinski definition) is 1. The number of allylic oxidation sites excluding steroid dienone is 6. The van der Waals surface area contributed by atoms with Crippen LogP contribution in [0.1, 0.15) is 52.9 Å². The van der Waals surface area contributed by atoms with Gasteiger partial charge in [-0.1, -0.05) is 59.2 Å². The number of para-hydroxylation sites is 1. The zero-order chi connectivity index (χ0) is 21.3. The minimum absolute atomic E-state index is 0.0925. The number of unbranched alkanes of at least 4 members (excludes halogenated alkanes) is 1. The van der Waals surface area contributed by atoms with Gasteiger partial charge in [-0.05, 0) is 71.1 Å². The number of ether oxygens (including phenoxy) is 1. The Morgan fingerprint density at radius 3 is 2.59 bits per heavy atom. The summed E-state index contributed by atoms with van der Waals surface area (Å²) in [5.41, 5.74) is 1.50. The van der Waals surface area contributed by atoms with Gasteiger partial charge in [0.15, 0.2) is 0 Å². The highest BCUT2D eigenvalue weighted by molar-refractivity contribution is 6.46. The molecule has 2 rings (SSSR count). The number of aliphatic hydroxyl groups is 1. The fourth-order valence-electron chi connectivity index (χ4n) is 3.21. The fraction of sp³-hybridized carbons (Fsp3) is 0.400. The lowest BCUT2D eigenvalue weighted by Crippen LogP contribution is -2.28. The molecule has 29 heavy (non-hydrogen) atoms. The summed E-state index contributed by atoms with van der Waals surface area (Å²) in [4.78, 5) is 12.4. The van der Waals surface area contributed by atoms with Crippen molar-refractivity contribution in [3.63, 3.8) is 0 Å². The highest BCUT2D eigenvalue weighted by Crippen LogP contribution is 2.36. The number of benzene rings is 1. The van der Waals surface area contributed by atoms with Gasteiger partial charge >= 0.3 is 0 Å². The molecule has 0 heterocycles. The first-order valence-electron chi connectivity index (χ1n) is 10.2. The summed E-state index contributed by atoms with van der Waals surface area (Å²) >= 11 is 6.05. The third-order valence-corrected chi connectivity index (χ3v) is 5.16. The van der Waals surface area contributed by atoms with Crippen molar-refractivity contribution in [3.05, 3.63) is 76.4 Å². The molecule has 3 nitrogen and oxygen atoms in total. The van der Waals surface area contributed by atoms with Crippen LogP contribution in [0.3, 0.4) is 0 Å². The van der Waals surface area contributed by atoms with Crippen LogP contribution in [0.4, 0.5) is 0 Å². The van der Waals surface area contributed by atoms with Crippen LogP contribution in [0.25, 0.3) is 0 Å². The summed E-state index contributed by atoms with van der Waals surface area (Å²) in [6.07, 6.45) is 11.1. The average Bonchev–Trinajstić information content (AvgIpc) is 2.89. The van der Waals surface area contributed by atoms with Gasteiger partial charge in [0.05, 0.1) is 11.6 Å². The van der Waals surface area contributed by atoms with Gasteiger partial charge < -0.3 is 9.84 Å². The molecule has 1 aromatic rings. The minimum Gasteiger partial charge on any atom is -0.494 e. The van der Waals surface area contributed by atoms with Gasteiger partial charge in [-0.25, -0.2) is 0 Å². The summed E-state index contributed by atoms with van der Waals surface area (Å²) in [5, 5.41) is 11.1. The van der Waals surface area contributed by atoms with Crippen molar-refractivity contribution in [1.82, 2.24) is 0 Å². The number of Topliss-reactive ketones (excluding diaryl/α,β-unsaturated/α-hetero) is 1. The van der Waals surface area contributed by atoms with Crippen LogP contribution >= 0.6 is 11.6 Å². The normalized spacial score (nSPS) is 20.7. The van der Waals surface area contributed by atoms with Gasteiger partial charge in [-0.2, -0.15) is 0 Å². The van der Waals surface area contributed by atoms with E-state index in [1.807, 2.05) is 43.3 Å². The van der Waals surface area contributed by atoms with E-state index in [9.17, 15) is 9.90 Å². The van der Waals surface area contributed by atoms with Crippen molar-refractivity contribution < 1.29 is 14.6 Å². The Hall–Kier alpha value is -2.10. The van der Waals surface area contributed by atoms with Gasteiger partial charge in [0.2, 0.25) is 5.78 Å². The average molecular weight is 415 g/mol. The van der Waals surface area contributed by atoms with E-state index in [4.69, 9.17) is 16.3 Å². The number of carbonyl (C=O) groups is 1. The molecule has 0 aliphatic heterocycles. The zero-order valence-corrected chi connectivity index (χ0v) is 18.3. The predicted octanol–water partition coefficient (Wildman–Crippen LogP) is 6.29. The van der Waals surface area contributed by atoms with E-state index < -0.39 is 5.60 Å². The lowest BCUT2D eigenvalue weighted by molar-refractivity contribution is -0.112. The first-order chi connectivity index (χ1) is 13.8. The molecule has 4 heteroatoms. The summed E-state index contributed by atoms with van der Waals surface area (Å²) < 4.78 is 5.69. The van der Waals surface area contributed by atoms with Crippen molar-refractivity contribution in [1.29, 1.82) is 0 Å². The third-order valence-electron chi connectivity index (χ3n) is 4.88. The molecule has 1 unspecified atom stereocenters. The van der Waals surface area contributed by atoms with Crippen molar-refractivity contribution in [2.24, 2.45) is 0 Å². The van der Waals surface area contributed by atoms with Crippen molar-refractivity contribution >= 4 is 17.4 Å². The Balaban J connectivity index is 1.92. The molecule has 1 N–H and O–H groups in total. The molecule has 1 aliphatic rings. The molecule has 1 aliphatic carbocycles. The largest absolute Gasteiger partial charge is 0.494 e. The molecule has 1 atom stereocenters. The Morgan fingerprint density at radius 1 is 1.17 bits per heavy atom. The SMILES string of the molecule is CC(C)=CCCC(C)=CC=C1C(=O)C(Cl)=CC1(O)CCCCOc1ccccc1. The second kappa shape index (κ2) is 11.2. The van der Waals surface area contributed by atoms with Crippen LogP contribution in [0.5, 0.6) is 5.75 Å². The van der Waals surface area contributed by atoms with Crippen LogP contribution in [0.15, 0.2) is 76.4 Å². The second-order valence-corrected chi connectivity index (χ2v) is 8.18. The number of hydrogen-bond acceptors (Lipinski definition) is 3. The number of rotatable bonds is 10. The minimum atomic E-state index is -1.31. The van der Waals surface area contributed by atoms with Crippen LogP contribution in [0, 0.1) is 0 Å². The van der Waals surface area contributed by atoms with E-state index >= 15 is 0 Å². The predicted molar refractivity (Wildman–Crippen MR) is 120 cm³/mol. The number of ketones is 1. The van der Waals surface area contributed by atoms with Gasteiger partial charge in [-0.3, -0.25) is 4.79 Å². The molecule has 0 bridgehead atoms. The van der Waals surface area contributed by atoms with Crippen LogP contribution in [0.2, 0.25) is 0 Å². The fourth-order valence-corrected chi connectivity index (χ4v) is 3.49. The Labute approximate surface area is 179 Å². The van der Waals surface area contributed by atoms with Gasteiger partial charge in [0.25, 0.3) is 0 Å². The molecule has 156 valence electrons. The molecule has 0 fully saturated rings. The highest BCUT2D eigenvalue weighted by Gasteiger charge is 2.40. The lowest BCUT2D eigenvalue weighted by Gasteiger charge is -2.22. The molecule has 0 saturated carbocycles. The number of halogens is 1. The summed E-state index contributed by atoms with van der Waals surface area (Å²) in [6, 6.07) is 9.64. The maximum atomic E-state index is 12.4. The highest BCUT2D eigenvalue weighted by atomic mass is 35.5. The molecule has 0 radical (unpaired) electrons. The van der Waals surface area contributed by atoms with E-state index in [1.165, 1.54) is 11.6 Å². The van der Waals surface area contributed by atoms with Crippen LogP contribution in [-0.2, 0) is 4.79 Å². The smallest absolute Gasteiger partial charge is 0.203 e. The van der Waals surface area contributed by atoms with Gasteiger partial charge in [0.1, 0.15) is 11.4 Å². The van der Waals surface area contributed by atoms with Gasteiger partial charge in [0, 0.05) is 5.57 Å². The summed E-state index contributed by atoms with van der Waals surface area (Å²) in [5.74, 6) is 0.544. The maximum absolute atomic E-state index is 12.4. The molecular formula is C25H31ClO3. The Morgan fingerprint density at radius 2 is 1.90 bits per heavy atom. The van der Waals surface area contributed by atoms with E-state index in [-0.39, 0.29) is 10.8 Å². The van der Waals surface area contributed by atoms with E-state index in [0.29, 0.717) is 18.6 Å². The molecule has 0 amide bonds. The Kier molecular flexibility index (Phi) is 8.94. The second-order valence-electron chi connectivity index (χ2n) is 7.78. The first-order valence-corrected chi connectivity index (χ1v) is 10.5. The molecule has 1 aromatic carbocycles. The van der Waals surface area contributed by atoms with Crippen LogP contribution < -0.4 is 4.74 Å². The van der Waals surface area contributed by atoms with Crippen molar-refractivity contribution in [3.8, 4) is 5.75 Å². The molecular weight excluding hydrogens is 384 g/mol. The molecule has 0 aromatic heterocycles. The molecule has 0 spiro atoms. The first kappa shape index (κ1) is 23.2. The van der Waals surface area contributed by atoms with E-state index in [2.05, 4.69) is 19.9 Å². The van der Waals surface area contributed by atoms with E-state index in [0.717, 1.165) is 37.0 Å². The lowest BCUT2D eigenvalue weighted by atomic mass is 9.90. The quantitative estimate of drug-likeness (QED) is 0.278. The zero-order valence-electron chi connectivity index (χ0n) is 17.6.